The third-order valence-electron chi connectivity index (χ3n) is 5.71. The highest BCUT2D eigenvalue weighted by Crippen LogP contribution is 2.33. The molecule has 4 aliphatic rings. The van der Waals surface area contributed by atoms with Gasteiger partial charge in [-0.25, -0.2) is 9.97 Å². The highest BCUT2D eigenvalue weighted by molar-refractivity contribution is 7.87. The number of anilines is 1. The minimum atomic E-state index is -3.43. The van der Waals surface area contributed by atoms with Gasteiger partial charge in [0, 0.05) is 44.8 Å². The zero-order valence-electron chi connectivity index (χ0n) is 14.5. The van der Waals surface area contributed by atoms with Gasteiger partial charge in [-0.15, -0.1) is 0 Å². The van der Waals surface area contributed by atoms with Gasteiger partial charge in [0.1, 0.15) is 17.8 Å². The van der Waals surface area contributed by atoms with E-state index in [0.29, 0.717) is 13.1 Å². The van der Waals surface area contributed by atoms with Gasteiger partial charge in [-0.05, 0) is 18.9 Å². The fourth-order valence-corrected chi connectivity index (χ4v) is 5.60. The van der Waals surface area contributed by atoms with E-state index in [-0.39, 0.29) is 24.3 Å². The summed E-state index contributed by atoms with van der Waals surface area (Å²) in [5, 5.41) is 0.978. The Kier molecular flexibility index (Phi) is 3.71. The molecule has 3 saturated heterocycles. The van der Waals surface area contributed by atoms with E-state index in [1.165, 1.54) is 4.31 Å². The summed E-state index contributed by atoms with van der Waals surface area (Å²) in [6.07, 6.45) is 6.06. The molecule has 6 rings (SSSR count). The first-order valence-corrected chi connectivity index (χ1v) is 10.4. The number of ether oxygens (including phenoxy) is 1. The Hall–Kier alpha value is -1.75. The summed E-state index contributed by atoms with van der Waals surface area (Å²) in [5.74, 6) is 0.871. The maximum atomic E-state index is 12.6. The predicted molar refractivity (Wildman–Crippen MR) is 96.0 cm³/mol. The number of nitrogens with one attached hydrogen (secondary N) is 2. The maximum Gasteiger partial charge on any atom is 0.279 e. The first-order chi connectivity index (χ1) is 12.5. The molecule has 3 aliphatic heterocycles. The lowest BCUT2D eigenvalue weighted by molar-refractivity contribution is -0.164. The van der Waals surface area contributed by atoms with Crippen molar-refractivity contribution in [1.82, 2.24) is 24.0 Å². The first-order valence-electron chi connectivity index (χ1n) is 8.93. The molecule has 2 N–H and O–H groups in total. The second-order valence-corrected chi connectivity index (χ2v) is 9.13. The Morgan fingerprint density at radius 3 is 2.73 bits per heavy atom. The zero-order chi connectivity index (χ0) is 17.9. The summed E-state index contributed by atoms with van der Waals surface area (Å²) >= 11 is 0. The van der Waals surface area contributed by atoms with Gasteiger partial charge in [0.25, 0.3) is 10.2 Å². The molecule has 1 aliphatic carbocycles. The van der Waals surface area contributed by atoms with E-state index in [2.05, 4.69) is 24.6 Å². The van der Waals surface area contributed by atoms with Crippen LogP contribution in [0.4, 0.5) is 5.82 Å². The molecule has 1 saturated carbocycles. The smallest absolute Gasteiger partial charge is 0.279 e. The van der Waals surface area contributed by atoms with Crippen molar-refractivity contribution in [3.05, 3.63) is 18.6 Å². The van der Waals surface area contributed by atoms with E-state index in [9.17, 15) is 8.42 Å². The van der Waals surface area contributed by atoms with Gasteiger partial charge in [0.2, 0.25) is 0 Å². The van der Waals surface area contributed by atoms with Crippen LogP contribution in [-0.2, 0) is 14.9 Å². The van der Waals surface area contributed by atoms with Gasteiger partial charge < -0.3 is 14.6 Å². The lowest BCUT2D eigenvalue weighted by Crippen LogP contribution is -2.62. The zero-order valence-corrected chi connectivity index (χ0v) is 15.3. The predicted octanol–water partition coefficient (Wildman–Crippen LogP) is 0.233. The molecule has 2 bridgehead atoms. The van der Waals surface area contributed by atoms with E-state index in [4.69, 9.17) is 4.74 Å². The molecule has 9 nitrogen and oxygen atoms in total. The summed E-state index contributed by atoms with van der Waals surface area (Å²) in [6, 6.07) is 2.19. The Labute approximate surface area is 151 Å². The number of piperidine rings is 1. The molecule has 2 atom stereocenters. The number of morpholine rings is 1. The van der Waals surface area contributed by atoms with E-state index in [0.717, 1.165) is 36.1 Å². The fraction of sp³-hybridized carbons (Fsp3) is 0.625. The van der Waals surface area contributed by atoms with Gasteiger partial charge in [-0.2, -0.15) is 17.4 Å². The summed E-state index contributed by atoms with van der Waals surface area (Å²) in [6.45, 7) is 0.933. The van der Waals surface area contributed by atoms with Crippen LogP contribution >= 0.6 is 0 Å². The quantitative estimate of drug-likeness (QED) is 0.772. The number of hydrogen-bond acceptors (Lipinski definition) is 6. The summed E-state index contributed by atoms with van der Waals surface area (Å²) < 4.78 is 35.0. The number of rotatable bonds is 5. The lowest BCUT2D eigenvalue weighted by Gasteiger charge is -2.47. The third kappa shape index (κ3) is 2.68. The number of nitrogens with zero attached hydrogens (tertiary/aromatic N) is 4. The molecule has 140 valence electrons. The minimum Gasteiger partial charge on any atom is -0.372 e. The van der Waals surface area contributed by atoms with Crippen molar-refractivity contribution in [3.63, 3.8) is 0 Å². The van der Waals surface area contributed by atoms with E-state index in [1.54, 1.807) is 6.33 Å². The SMILES string of the molecule is CN(c1ncnc2[nH]ccc12)C1CC(NS(=O)(=O)N2C[C@H]3C[C@@H](C2)O3)C1. The van der Waals surface area contributed by atoms with Gasteiger partial charge in [-0.3, -0.25) is 0 Å². The molecule has 0 unspecified atom stereocenters. The third-order valence-corrected chi connectivity index (χ3v) is 7.32. The van der Waals surface area contributed by atoms with Crippen molar-refractivity contribution in [3.8, 4) is 0 Å². The van der Waals surface area contributed by atoms with Crippen LogP contribution in [-0.4, -0.2) is 72.1 Å². The number of H-pyrrole nitrogens is 1. The molecule has 0 amide bonds. The normalized spacial score (nSPS) is 31.4. The van der Waals surface area contributed by atoms with Gasteiger partial charge in [-0.1, -0.05) is 0 Å². The second-order valence-electron chi connectivity index (χ2n) is 7.43. The molecule has 0 spiro atoms. The van der Waals surface area contributed by atoms with Gasteiger partial charge >= 0.3 is 0 Å². The average molecular weight is 378 g/mol. The van der Waals surface area contributed by atoms with Crippen LogP contribution in [0.2, 0.25) is 0 Å². The van der Waals surface area contributed by atoms with Gasteiger partial charge in [0.15, 0.2) is 0 Å². The van der Waals surface area contributed by atoms with Crippen LogP contribution in [0, 0.1) is 0 Å². The highest BCUT2D eigenvalue weighted by atomic mass is 32.2. The van der Waals surface area contributed by atoms with Crippen molar-refractivity contribution >= 4 is 27.1 Å². The molecule has 0 radical (unpaired) electrons. The maximum absolute atomic E-state index is 12.6. The topological polar surface area (TPSA) is 103 Å². The van der Waals surface area contributed by atoms with Gasteiger partial charge in [0.05, 0.1) is 17.6 Å². The van der Waals surface area contributed by atoms with Crippen molar-refractivity contribution < 1.29 is 13.2 Å². The lowest BCUT2D eigenvalue weighted by atomic mass is 9.86. The number of fused-ring (bicyclic) bond motifs is 3. The molecule has 10 heteroatoms. The fourth-order valence-electron chi connectivity index (χ4n) is 4.11. The molecule has 4 fully saturated rings. The Morgan fingerprint density at radius 1 is 1.27 bits per heavy atom. The Morgan fingerprint density at radius 2 is 2.00 bits per heavy atom. The number of aromatic nitrogens is 3. The standard InChI is InChI=1S/C16H22N6O3S/c1-21(16-14-2-3-17-15(14)18-9-19-16)11-4-10(5-11)20-26(23,24)22-7-12-6-13(8-22)25-12/h2-3,9-13,20H,4-8H2,1H3,(H,17,18,19)/t10?,11?,12-,13+. The molecular weight excluding hydrogens is 356 g/mol. The Balaban J connectivity index is 1.21. The van der Waals surface area contributed by atoms with Crippen LogP contribution in [0.15, 0.2) is 18.6 Å². The molecule has 2 aromatic heterocycles. The molecule has 0 aromatic carbocycles. The van der Waals surface area contributed by atoms with E-state index >= 15 is 0 Å². The summed E-state index contributed by atoms with van der Waals surface area (Å²) in [7, 11) is -1.43. The average Bonchev–Trinajstić information content (AvgIpc) is 3.05. The van der Waals surface area contributed by atoms with Crippen molar-refractivity contribution in [2.75, 3.05) is 25.0 Å². The van der Waals surface area contributed by atoms with Crippen molar-refractivity contribution in [1.29, 1.82) is 0 Å². The molecule has 2 aromatic rings. The number of hydrogen-bond donors (Lipinski definition) is 2. The summed E-state index contributed by atoms with van der Waals surface area (Å²) in [4.78, 5) is 13.8. The van der Waals surface area contributed by atoms with E-state index < -0.39 is 10.2 Å². The largest absolute Gasteiger partial charge is 0.372 e. The molecule has 26 heavy (non-hydrogen) atoms. The van der Waals surface area contributed by atoms with E-state index in [1.807, 2.05) is 19.3 Å². The Bertz CT molecular complexity index is 909. The van der Waals surface area contributed by atoms with Crippen LogP contribution < -0.4 is 9.62 Å². The van der Waals surface area contributed by atoms with Crippen molar-refractivity contribution in [2.24, 2.45) is 0 Å². The monoisotopic (exact) mass is 378 g/mol. The first kappa shape index (κ1) is 16.4. The van der Waals surface area contributed by atoms with Crippen LogP contribution in [0.25, 0.3) is 11.0 Å². The van der Waals surface area contributed by atoms with Crippen molar-refractivity contribution in [2.45, 2.75) is 43.6 Å². The van der Waals surface area contributed by atoms with Crippen LogP contribution in [0.1, 0.15) is 19.3 Å². The van der Waals surface area contributed by atoms with Crippen LogP contribution in [0.3, 0.4) is 0 Å². The second kappa shape index (κ2) is 5.88. The molecular formula is C16H22N6O3S. The molecule has 5 heterocycles. The highest BCUT2D eigenvalue weighted by Gasteiger charge is 2.44. The van der Waals surface area contributed by atoms with Crippen LogP contribution in [0.5, 0.6) is 0 Å². The number of aromatic amines is 1. The minimum absolute atomic E-state index is 0.0322. The summed E-state index contributed by atoms with van der Waals surface area (Å²) in [5.41, 5.74) is 0.810.